The molecule has 6 nitrogen and oxygen atoms in total. The minimum Gasteiger partial charge on any atom is -0.492 e. The summed E-state index contributed by atoms with van der Waals surface area (Å²) in [5.74, 6) is 0.681. The lowest BCUT2D eigenvalue weighted by Gasteiger charge is -2.35. The Bertz CT molecular complexity index is 605. The number of hydrogen-bond donors (Lipinski definition) is 2. The molecule has 2 heterocycles. The molecule has 2 aliphatic rings. The Morgan fingerprint density at radius 3 is 2.96 bits per heavy atom. The summed E-state index contributed by atoms with van der Waals surface area (Å²) in [7, 11) is 0. The Labute approximate surface area is 142 Å². The van der Waals surface area contributed by atoms with Crippen molar-refractivity contribution in [2.75, 3.05) is 32.8 Å². The molecule has 0 bridgehead atoms. The highest BCUT2D eigenvalue weighted by atomic mass is 16.5. The van der Waals surface area contributed by atoms with Crippen LogP contribution >= 0.6 is 0 Å². The number of nitrogens with two attached hydrogens (primary N) is 1. The fourth-order valence-electron chi connectivity index (χ4n) is 3.48. The third kappa shape index (κ3) is 3.70. The number of benzene rings is 1. The van der Waals surface area contributed by atoms with Crippen LogP contribution in [0.2, 0.25) is 0 Å². The molecule has 2 amide bonds. The van der Waals surface area contributed by atoms with Crippen LogP contribution in [-0.2, 0) is 16.0 Å². The number of rotatable bonds is 4. The second-order valence-electron chi connectivity index (χ2n) is 6.52. The highest BCUT2D eigenvalue weighted by Crippen LogP contribution is 2.28. The van der Waals surface area contributed by atoms with Gasteiger partial charge in [-0.25, -0.2) is 0 Å². The molecule has 2 unspecified atom stereocenters. The number of likely N-dealkylation sites (tertiary alicyclic amines) is 1. The molecular weight excluding hydrogens is 306 g/mol. The zero-order valence-corrected chi connectivity index (χ0v) is 13.9. The number of ether oxygens (including phenoxy) is 1. The molecule has 1 aromatic carbocycles. The lowest BCUT2D eigenvalue weighted by atomic mass is 9.92. The molecule has 130 valence electrons. The number of carbonyl (C=O) groups is 2. The van der Waals surface area contributed by atoms with Gasteiger partial charge < -0.3 is 20.7 Å². The summed E-state index contributed by atoms with van der Waals surface area (Å²) in [5.41, 5.74) is 6.51. The Hall–Kier alpha value is -2.08. The summed E-state index contributed by atoms with van der Waals surface area (Å²) in [5, 5.41) is 2.83. The van der Waals surface area contributed by atoms with Gasteiger partial charge in [-0.1, -0.05) is 18.2 Å². The maximum absolute atomic E-state index is 12.8. The molecular formula is C18H25N3O3. The van der Waals surface area contributed by atoms with E-state index in [1.165, 1.54) is 0 Å². The summed E-state index contributed by atoms with van der Waals surface area (Å²) in [4.78, 5) is 26.8. The zero-order chi connectivity index (χ0) is 16.9. The fourth-order valence-corrected chi connectivity index (χ4v) is 3.48. The van der Waals surface area contributed by atoms with Gasteiger partial charge in [0, 0.05) is 26.2 Å². The lowest BCUT2D eigenvalue weighted by Crippen LogP contribution is -2.49. The standard InChI is InChI=1S/C18H25N3O3/c19-7-8-20-17(22)14-5-3-9-21(11-14)18(23)15-10-13-4-1-2-6-16(13)24-12-15/h1-2,4,6,14-15H,3,5,7-12,19H2,(H,20,22). The van der Waals surface area contributed by atoms with Crippen molar-refractivity contribution in [2.45, 2.75) is 19.3 Å². The quantitative estimate of drug-likeness (QED) is 0.844. The molecule has 3 N–H and O–H groups in total. The van der Waals surface area contributed by atoms with Crippen LogP contribution < -0.4 is 15.8 Å². The normalized spacial score (nSPS) is 23.1. The number of hydrogen-bond acceptors (Lipinski definition) is 4. The van der Waals surface area contributed by atoms with Gasteiger partial charge in [-0.15, -0.1) is 0 Å². The Morgan fingerprint density at radius 1 is 1.29 bits per heavy atom. The largest absolute Gasteiger partial charge is 0.492 e. The number of carbonyl (C=O) groups excluding carboxylic acids is 2. The average Bonchev–Trinajstić information content (AvgIpc) is 2.65. The molecule has 0 saturated carbocycles. The maximum atomic E-state index is 12.8. The number of fused-ring (bicyclic) bond motifs is 1. The van der Waals surface area contributed by atoms with Crippen LogP contribution in [0.4, 0.5) is 0 Å². The number of piperidine rings is 1. The minimum atomic E-state index is -0.161. The van der Waals surface area contributed by atoms with E-state index < -0.39 is 0 Å². The van der Waals surface area contributed by atoms with Crippen LogP contribution in [0.25, 0.3) is 0 Å². The van der Waals surface area contributed by atoms with Crippen molar-refractivity contribution < 1.29 is 14.3 Å². The Balaban J connectivity index is 1.60. The van der Waals surface area contributed by atoms with E-state index in [0.717, 1.165) is 30.7 Å². The van der Waals surface area contributed by atoms with Gasteiger partial charge in [0.2, 0.25) is 11.8 Å². The molecule has 1 aromatic rings. The van der Waals surface area contributed by atoms with Crippen LogP contribution in [0.1, 0.15) is 18.4 Å². The summed E-state index contributed by atoms with van der Waals surface area (Å²) in [6.07, 6.45) is 2.39. The van der Waals surface area contributed by atoms with Crippen LogP contribution in [0, 0.1) is 11.8 Å². The lowest BCUT2D eigenvalue weighted by molar-refractivity contribution is -0.140. The highest BCUT2D eigenvalue weighted by Gasteiger charge is 2.33. The third-order valence-electron chi connectivity index (χ3n) is 4.78. The Morgan fingerprint density at radius 2 is 2.12 bits per heavy atom. The van der Waals surface area contributed by atoms with Crippen molar-refractivity contribution >= 4 is 11.8 Å². The molecule has 0 spiro atoms. The average molecular weight is 331 g/mol. The van der Waals surface area contributed by atoms with Crippen LogP contribution in [0.5, 0.6) is 5.75 Å². The van der Waals surface area contributed by atoms with Crippen molar-refractivity contribution in [3.8, 4) is 5.75 Å². The summed E-state index contributed by atoms with van der Waals surface area (Å²) in [6.45, 7) is 2.54. The maximum Gasteiger partial charge on any atom is 0.229 e. The first-order valence-corrected chi connectivity index (χ1v) is 8.66. The van der Waals surface area contributed by atoms with Crippen molar-refractivity contribution in [3.05, 3.63) is 29.8 Å². The van der Waals surface area contributed by atoms with E-state index in [0.29, 0.717) is 32.7 Å². The topological polar surface area (TPSA) is 84.7 Å². The minimum absolute atomic E-state index is 0.00295. The van der Waals surface area contributed by atoms with Gasteiger partial charge in [-0.05, 0) is 30.9 Å². The molecule has 1 fully saturated rings. The van der Waals surface area contributed by atoms with Crippen LogP contribution in [0.15, 0.2) is 24.3 Å². The van der Waals surface area contributed by atoms with Gasteiger partial charge >= 0.3 is 0 Å². The number of amides is 2. The van der Waals surface area contributed by atoms with Gasteiger partial charge in [-0.3, -0.25) is 9.59 Å². The number of para-hydroxylation sites is 1. The smallest absolute Gasteiger partial charge is 0.229 e. The van der Waals surface area contributed by atoms with E-state index >= 15 is 0 Å². The highest BCUT2D eigenvalue weighted by molar-refractivity contribution is 5.82. The van der Waals surface area contributed by atoms with Crippen molar-refractivity contribution in [1.29, 1.82) is 0 Å². The van der Waals surface area contributed by atoms with Gasteiger partial charge in [0.05, 0.1) is 11.8 Å². The van der Waals surface area contributed by atoms with Gasteiger partial charge in [0.1, 0.15) is 12.4 Å². The number of nitrogens with one attached hydrogen (secondary N) is 1. The fraction of sp³-hybridized carbons (Fsp3) is 0.556. The predicted molar refractivity (Wildman–Crippen MR) is 90.5 cm³/mol. The van der Waals surface area contributed by atoms with Crippen molar-refractivity contribution in [2.24, 2.45) is 17.6 Å². The van der Waals surface area contributed by atoms with E-state index in [1.807, 2.05) is 29.2 Å². The van der Waals surface area contributed by atoms with E-state index in [-0.39, 0.29) is 23.7 Å². The van der Waals surface area contributed by atoms with Gasteiger partial charge in [0.25, 0.3) is 0 Å². The van der Waals surface area contributed by atoms with E-state index in [9.17, 15) is 9.59 Å². The van der Waals surface area contributed by atoms with Gasteiger partial charge in [0.15, 0.2) is 0 Å². The Kier molecular flexibility index (Phi) is 5.35. The van der Waals surface area contributed by atoms with Crippen molar-refractivity contribution in [3.63, 3.8) is 0 Å². The predicted octanol–water partition coefficient (Wildman–Crippen LogP) is 0.551. The first kappa shape index (κ1) is 16.8. The van der Waals surface area contributed by atoms with E-state index in [2.05, 4.69) is 5.32 Å². The van der Waals surface area contributed by atoms with E-state index in [1.54, 1.807) is 0 Å². The van der Waals surface area contributed by atoms with Crippen LogP contribution in [-0.4, -0.2) is 49.5 Å². The summed E-state index contributed by atoms with van der Waals surface area (Å²) < 4.78 is 5.73. The molecule has 3 rings (SSSR count). The molecule has 2 aliphatic heterocycles. The second kappa shape index (κ2) is 7.66. The van der Waals surface area contributed by atoms with E-state index in [4.69, 9.17) is 10.5 Å². The second-order valence-corrected chi connectivity index (χ2v) is 6.52. The molecule has 0 radical (unpaired) electrons. The molecule has 0 aliphatic carbocycles. The molecule has 24 heavy (non-hydrogen) atoms. The summed E-state index contributed by atoms with van der Waals surface area (Å²) >= 11 is 0. The summed E-state index contributed by atoms with van der Waals surface area (Å²) in [6, 6.07) is 7.85. The van der Waals surface area contributed by atoms with Crippen molar-refractivity contribution in [1.82, 2.24) is 10.2 Å². The SMILES string of the molecule is NCCNC(=O)C1CCCN(C(=O)C2COc3ccccc3C2)C1. The first-order chi connectivity index (χ1) is 11.7. The molecule has 2 atom stereocenters. The first-order valence-electron chi connectivity index (χ1n) is 8.66. The van der Waals surface area contributed by atoms with Crippen LogP contribution in [0.3, 0.4) is 0 Å². The monoisotopic (exact) mass is 331 g/mol. The molecule has 1 saturated heterocycles. The molecule has 6 heteroatoms. The number of nitrogens with zero attached hydrogens (tertiary/aromatic N) is 1. The van der Waals surface area contributed by atoms with Gasteiger partial charge in [-0.2, -0.15) is 0 Å². The third-order valence-corrected chi connectivity index (χ3v) is 4.78. The molecule has 0 aromatic heterocycles. The zero-order valence-electron chi connectivity index (χ0n) is 13.9.